The zero-order valence-corrected chi connectivity index (χ0v) is 16.4. The molecule has 2 aromatic heterocycles. The number of benzene rings is 2. The first kappa shape index (κ1) is 18.3. The smallest absolute Gasteiger partial charge is 0.293 e. The van der Waals surface area contributed by atoms with Gasteiger partial charge in [-0.2, -0.15) is 10.2 Å². The lowest BCUT2D eigenvalue weighted by Crippen LogP contribution is -2.34. The number of nitrogens with zero attached hydrogens (tertiary/aromatic N) is 4. The third-order valence-corrected chi connectivity index (χ3v) is 5.30. The highest BCUT2D eigenvalue weighted by Gasteiger charge is 2.30. The largest absolute Gasteiger partial charge is 0.350 e. The molecular weight excluding hydrogens is 378 g/mol. The molecule has 1 amide bonds. The maximum absolute atomic E-state index is 13.2. The number of rotatable bonds is 6. The van der Waals surface area contributed by atoms with E-state index in [1.807, 2.05) is 60.7 Å². The average Bonchev–Trinajstić information content (AvgIpc) is 3.53. The standard InChI is InChI=1S/C23H21N5O2/c29-20(24-13-16-7-3-1-4-8-16)15-27-23(30)22-19(21(26-27)17-11-12-17)14-25-28(22)18-9-5-2-6-10-18/h1-10,14,17H,11-13,15H2,(H,24,29). The van der Waals surface area contributed by atoms with Crippen molar-refractivity contribution in [2.24, 2.45) is 0 Å². The molecule has 5 rings (SSSR count). The van der Waals surface area contributed by atoms with Crippen molar-refractivity contribution in [3.8, 4) is 5.69 Å². The molecule has 1 aliphatic rings. The van der Waals surface area contributed by atoms with Gasteiger partial charge < -0.3 is 5.32 Å². The molecule has 2 aromatic carbocycles. The van der Waals surface area contributed by atoms with Gasteiger partial charge in [-0.3, -0.25) is 9.59 Å². The van der Waals surface area contributed by atoms with Crippen molar-refractivity contribution < 1.29 is 4.79 Å². The molecule has 1 fully saturated rings. The highest BCUT2D eigenvalue weighted by molar-refractivity contribution is 5.83. The summed E-state index contributed by atoms with van der Waals surface area (Å²) in [5.41, 5.74) is 2.81. The van der Waals surface area contributed by atoms with E-state index in [0.717, 1.165) is 35.2 Å². The van der Waals surface area contributed by atoms with Crippen LogP contribution < -0.4 is 10.9 Å². The van der Waals surface area contributed by atoms with Crippen LogP contribution in [0.3, 0.4) is 0 Å². The van der Waals surface area contributed by atoms with E-state index in [2.05, 4.69) is 15.5 Å². The second kappa shape index (κ2) is 7.59. The van der Waals surface area contributed by atoms with Gasteiger partial charge in [-0.15, -0.1) is 0 Å². The molecule has 0 spiro atoms. The summed E-state index contributed by atoms with van der Waals surface area (Å²) in [4.78, 5) is 25.8. The molecule has 0 aliphatic heterocycles. The number of carbonyl (C=O) groups excluding carboxylic acids is 1. The monoisotopic (exact) mass is 399 g/mol. The maximum Gasteiger partial charge on any atom is 0.293 e. The third kappa shape index (κ3) is 3.50. The van der Waals surface area contributed by atoms with Crippen LogP contribution in [-0.2, 0) is 17.9 Å². The Hall–Kier alpha value is -3.74. The lowest BCUT2D eigenvalue weighted by atomic mass is 10.2. The van der Waals surface area contributed by atoms with E-state index >= 15 is 0 Å². The molecule has 0 unspecified atom stereocenters. The van der Waals surface area contributed by atoms with Crippen LogP contribution >= 0.6 is 0 Å². The summed E-state index contributed by atoms with van der Waals surface area (Å²) in [6.07, 6.45) is 3.79. The number of hydrogen-bond acceptors (Lipinski definition) is 4. The van der Waals surface area contributed by atoms with E-state index in [0.29, 0.717) is 18.0 Å². The van der Waals surface area contributed by atoms with Crippen molar-refractivity contribution in [1.29, 1.82) is 0 Å². The molecule has 150 valence electrons. The number of carbonyl (C=O) groups is 1. The summed E-state index contributed by atoms with van der Waals surface area (Å²) in [6.45, 7) is 0.287. The molecule has 30 heavy (non-hydrogen) atoms. The lowest BCUT2D eigenvalue weighted by molar-refractivity contribution is -0.122. The van der Waals surface area contributed by atoms with E-state index < -0.39 is 0 Å². The fourth-order valence-electron chi connectivity index (χ4n) is 3.61. The predicted molar refractivity (Wildman–Crippen MR) is 113 cm³/mol. The molecule has 0 atom stereocenters. The minimum Gasteiger partial charge on any atom is -0.350 e. The van der Waals surface area contributed by atoms with Crippen LogP contribution in [0.15, 0.2) is 71.7 Å². The van der Waals surface area contributed by atoms with Gasteiger partial charge in [0.1, 0.15) is 12.1 Å². The van der Waals surface area contributed by atoms with Crippen LogP contribution in [0.2, 0.25) is 0 Å². The van der Waals surface area contributed by atoms with Crippen LogP contribution in [0.5, 0.6) is 0 Å². The summed E-state index contributed by atoms with van der Waals surface area (Å²) in [7, 11) is 0. The van der Waals surface area contributed by atoms with Crippen LogP contribution in [0.25, 0.3) is 16.6 Å². The zero-order chi connectivity index (χ0) is 20.5. The normalized spacial score (nSPS) is 13.5. The summed E-state index contributed by atoms with van der Waals surface area (Å²) in [5, 5.41) is 12.6. The van der Waals surface area contributed by atoms with Crippen molar-refractivity contribution in [1.82, 2.24) is 24.9 Å². The molecule has 7 nitrogen and oxygen atoms in total. The second-order valence-corrected chi connectivity index (χ2v) is 7.54. The van der Waals surface area contributed by atoms with Gasteiger partial charge in [0.05, 0.1) is 17.6 Å². The summed E-state index contributed by atoms with van der Waals surface area (Å²) in [6, 6.07) is 19.2. The SMILES string of the molecule is O=C(Cn1nc(C2CC2)c2cnn(-c3ccccc3)c2c1=O)NCc1ccccc1. The Morgan fingerprint density at radius 3 is 2.43 bits per heavy atom. The second-order valence-electron chi connectivity index (χ2n) is 7.54. The van der Waals surface area contributed by atoms with Gasteiger partial charge in [0.25, 0.3) is 5.56 Å². The average molecular weight is 399 g/mol. The minimum absolute atomic E-state index is 0.124. The van der Waals surface area contributed by atoms with Crippen LogP contribution in [0, 0.1) is 0 Å². The summed E-state index contributed by atoms with van der Waals surface area (Å²) >= 11 is 0. The lowest BCUT2D eigenvalue weighted by Gasteiger charge is -2.10. The van der Waals surface area contributed by atoms with Gasteiger partial charge in [-0.1, -0.05) is 48.5 Å². The third-order valence-electron chi connectivity index (χ3n) is 5.30. The highest BCUT2D eigenvalue weighted by Crippen LogP contribution is 2.41. The van der Waals surface area contributed by atoms with Gasteiger partial charge in [0, 0.05) is 17.8 Å². The molecule has 1 aliphatic carbocycles. The fourth-order valence-corrected chi connectivity index (χ4v) is 3.61. The maximum atomic E-state index is 13.2. The number of para-hydroxylation sites is 1. The van der Waals surface area contributed by atoms with Crippen molar-refractivity contribution in [3.05, 3.63) is 88.5 Å². The number of fused-ring (bicyclic) bond motifs is 1. The topological polar surface area (TPSA) is 81.8 Å². The predicted octanol–water partition coefficient (Wildman–Crippen LogP) is 2.78. The van der Waals surface area contributed by atoms with Crippen LogP contribution in [-0.4, -0.2) is 25.5 Å². The highest BCUT2D eigenvalue weighted by atomic mass is 16.2. The molecule has 4 aromatic rings. The molecule has 7 heteroatoms. The van der Waals surface area contributed by atoms with Crippen molar-refractivity contribution in [2.75, 3.05) is 0 Å². The Kier molecular flexibility index (Phi) is 4.63. The summed E-state index contributed by atoms with van der Waals surface area (Å²) in [5.74, 6) is 0.0699. The zero-order valence-electron chi connectivity index (χ0n) is 16.4. The Morgan fingerprint density at radius 2 is 1.73 bits per heavy atom. The van der Waals surface area contributed by atoms with Crippen molar-refractivity contribution >= 4 is 16.8 Å². The first-order valence-electron chi connectivity index (χ1n) is 10.1. The fraction of sp³-hybridized carbons (Fsp3) is 0.217. The molecule has 2 heterocycles. The Bertz CT molecular complexity index is 1260. The van der Waals surface area contributed by atoms with Crippen LogP contribution in [0.4, 0.5) is 0 Å². The van der Waals surface area contributed by atoms with E-state index in [1.54, 1.807) is 10.9 Å². The molecule has 0 saturated heterocycles. The number of amides is 1. The molecular formula is C23H21N5O2. The summed E-state index contributed by atoms with van der Waals surface area (Å²) < 4.78 is 2.92. The first-order valence-corrected chi connectivity index (χ1v) is 10.1. The molecule has 1 N–H and O–H groups in total. The van der Waals surface area contributed by atoms with E-state index in [1.165, 1.54) is 4.68 Å². The molecule has 1 saturated carbocycles. The van der Waals surface area contributed by atoms with Crippen LogP contribution in [0.1, 0.15) is 30.0 Å². The minimum atomic E-state index is -0.314. The van der Waals surface area contributed by atoms with Gasteiger partial charge in [-0.05, 0) is 30.5 Å². The Labute approximate surface area is 173 Å². The van der Waals surface area contributed by atoms with Gasteiger partial charge in [0.15, 0.2) is 0 Å². The number of nitrogens with one attached hydrogen (secondary N) is 1. The van der Waals surface area contributed by atoms with E-state index in [4.69, 9.17) is 0 Å². The van der Waals surface area contributed by atoms with Crippen molar-refractivity contribution in [2.45, 2.75) is 31.8 Å². The molecule has 0 radical (unpaired) electrons. The quantitative estimate of drug-likeness (QED) is 0.541. The molecule has 0 bridgehead atoms. The Morgan fingerprint density at radius 1 is 1.03 bits per heavy atom. The number of hydrogen-bond donors (Lipinski definition) is 1. The van der Waals surface area contributed by atoms with E-state index in [9.17, 15) is 9.59 Å². The van der Waals surface area contributed by atoms with Gasteiger partial charge in [-0.25, -0.2) is 9.36 Å². The van der Waals surface area contributed by atoms with Gasteiger partial charge >= 0.3 is 0 Å². The first-order chi connectivity index (χ1) is 14.7. The Balaban J connectivity index is 1.50. The van der Waals surface area contributed by atoms with E-state index in [-0.39, 0.29) is 18.0 Å². The van der Waals surface area contributed by atoms with Crippen molar-refractivity contribution in [3.63, 3.8) is 0 Å². The number of aromatic nitrogens is 4. The van der Waals surface area contributed by atoms with Gasteiger partial charge in [0.2, 0.25) is 5.91 Å².